The van der Waals surface area contributed by atoms with Gasteiger partial charge in [0.1, 0.15) is 0 Å². The van der Waals surface area contributed by atoms with E-state index in [1.54, 1.807) is 0 Å². The molecular formula is C12H19NO. The second-order valence-electron chi connectivity index (χ2n) is 4.00. The van der Waals surface area contributed by atoms with Crippen LogP contribution in [0.5, 0.6) is 0 Å². The van der Waals surface area contributed by atoms with Gasteiger partial charge in [-0.05, 0) is 39.4 Å². The Hall–Kier alpha value is -0.860. The first-order valence-corrected chi connectivity index (χ1v) is 5.00. The molecule has 0 heterocycles. The van der Waals surface area contributed by atoms with Crippen LogP contribution < -0.4 is 5.32 Å². The van der Waals surface area contributed by atoms with Crippen molar-refractivity contribution >= 4 is 0 Å². The van der Waals surface area contributed by atoms with Gasteiger partial charge in [0.25, 0.3) is 0 Å². The first-order chi connectivity index (χ1) is 6.56. The Bertz CT molecular complexity index is 294. The molecule has 0 radical (unpaired) electrons. The number of hydrogen-bond acceptors (Lipinski definition) is 2. The van der Waals surface area contributed by atoms with Crippen LogP contribution in [0.2, 0.25) is 0 Å². The van der Waals surface area contributed by atoms with Gasteiger partial charge in [0.05, 0.1) is 5.60 Å². The lowest BCUT2D eigenvalue weighted by Crippen LogP contribution is -2.26. The molecule has 2 nitrogen and oxygen atoms in total. The molecule has 2 N–H and O–H groups in total. The average molecular weight is 193 g/mol. The molecule has 0 fully saturated rings. The maximum absolute atomic E-state index is 10.2. The summed E-state index contributed by atoms with van der Waals surface area (Å²) >= 11 is 0. The lowest BCUT2D eigenvalue weighted by atomic mass is 9.91. The summed E-state index contributed by atoms with van der Waals surface area (Å²) in [6.45, 7) is 4.72. The van der Waals surface area contributed by atoms with Crippen LogP contribution >= 0.6 is 0 Å². The molecule has 2 heteroatoms. The summed E-state index contributed by atoms with van der Waals surface area (Å²) in [6.07, 6.45) is 0.729. The van der Waals surface area contributed by atoms with Crippen LogP contribution in [0, 0.1) is 6.92 Å². The van der Waals surface area contributed by atoms with E-state index in [0.717, 1.165) is 18.5 Å². The van der Waals surface area contributed by atoms with Crippen LogP contribution in [0.3, 0.4) is 0 Å². The summed E-state index contributed by atoms with van der Waals surface area (Å²) in [5, 5.41) is 13.2. The molecule has 14 heavy (non-hydrogen) atoms. The van der Waals surface area contributed by atoms with Gasteiger partial charge in [-0.2, -0.15) is 0 Å². The van der Waals surface area contributed by atoms with E-state index in [2.05, 4.69) is 5.32 Å². The second-order valence-corrected chi connectivity index (χ2v) is 4.00. The molecule has 0 spiro atoms. The van der Waals surface area contributed by atoms with Gasteiger partial charge in [-0.3, -0.25) is 0 Å². The standard InChI is InChI=1S/C12H19NO/c1-10-5-4-6-11(9-10)12(2,14)7-8-13-3/h4-6,9,13-14H,7-8H2,1-3H3. The Morgan fingerprint density at radius 1 is 1.43 bits per heavy atom. The monoisotopic (exact) mass is 193 g/mol. The summed E-state index contributed by atoms with van der Waals surface area (Å²) in [7, 11) is 1.90. The van der Waals surface area contributed by atoms with E-state index in [9.17, 15) is 5.11 Å². The molecule has 1 unspecified atom stereocenters. The van der Waals surface area contributed by atoms with Crippen molar-refractivity contribution in [1.29, 1.82) is 0 Å². The number of aliphatic hydroxyl groups is 1. The minimum Gasteiger partial charge on any atom is -0.385 e. The van der Waals surface area contributed by atoms with Crippen molar-refractivity contribution < 1.29 is 5.11 Å². The van der Waals surface area contributed by atoms with Gasteiger partial charge in [0, 0.05) is 0 Å². The van der Waals surface area contributed by atoms with E-state index in [0.29, 0.717) is 0 Å². The molecule has 1 aromatic carbocycles. The summed E-state index contributed by atoms with van der Waals surface area (Å²) in [5.41, 5.74) is 1.45. The van der Waals surface area contributed by atoms with E-state index < -0.39 is 5.60 Å². The lowest BCUT2D eigenvalue weighted by Gasteiger charge is -2.24. The average Bonchev–Trinajstić information content (AvgIpc) is 2.15. The van der Waals surface area contributed by atoms with Crippen LogP contribution in [0.1, 0.15) is 24.5 Å². The fourth-order valence-corrected chi connectivity index (χ4v) is 1.49. The van der Waals surface area contributed by atoms with E-state index in [1.807, 2.05) is 45.2 Å². The van der Waals surface area contributed by atoms with Crippen molar-refractivity contribution in [2.24, 2.45) is 0 Å². The molecule has 0 aliphatic carbocycles. The van der Waals surface area contributed by atoms with Crippen LogP contribution in [0.15, 0.2) is 24.3 Å². The van der Waals surface area contributed by atoms with E-state index in [1.165, 1.54) is 5.56 Å². The third kappa shape index (κ3) is 2.82. The minimum atomic E-state index is -0.727. The first kappa shape index (κ1) is 11.2. The van der Waals surface area contributed by atoms with Crippen molar-refractivity contribution in [1.82, 2.24) is 5.32 Å². The molecule has 0 aromatic heterocycles. The molecule has 0 saturated carbocycles. The Kier molecular flexibility index (Phi) is 3.67. The second kappa shape index (κ2) is 4.58. The Labute approximate surface area is 86.0 Å². The van der Waals surface area contributed by atoms with Gasteiger partial charge < -0.3 is 10.4 Å². The number of rotatable bonds is 4. The molecular weight excluding hydrogens is 174 g/mol. The minimum absolute atomic E-state index is 0.727. The zero-order chi connectivity index (χ0) is 10.6. The molecule has 0 amide bonds. The molecule has 1 atom stereocenters. The fourth-order valence-electron chi connectivity index (χ4n) is 1.49. The fraction of sp³-hybridized carbons (Fsp3) is 0.500. The van der Waals surface area contributed by atoms with Crippen LogP contribution in [-0.4, -0.2) is 18.7 Å². The van der Waals surface area contributed by atoms with Crippen molar-refractivity contribution in [3.05, 3.63) is 35.4 Å². The number of nitrogens with one attached hydrogen (secondary N) is 1. The van der Waals surface area contributed by atoms with Crippen LogP contribution in [0.25, 0.3) is 0 Å². The lowest BCUT2D eigenvalue weighted by molar-refractivity contribution is 0.0485. The van der Waals surface area contributed by atoms with Crippen LogP contribution in [-0.2, 0) is 5.60 Å². The highest BCUT2D eigenvalue weighted by Gasteiger charge is 2.21. The predicted molar refractivity (Wildman–Crippen MR) is 59.3 cm³/mol. The van der Waals surface area contributed by atoms with Gasteiger partial charge in [-0.25, -0.2) is 0 Å². The molecule has 0 aliphatic rings. The third-order valence-electron chi connectivity index (χ3n) is 2.50. The van der Waals surface area contributed by atoms with Crippen molar-refractivity contribution in [3.8, 4) is 0 Å². The third-order valence-corrected chi connectivity index (χ3v) is 2.50. The molecule has 1 aromatic rings. The highest BCUT2D eigenvalue weighted by molar-refractivity contribution is 5.26. The summed E-state index contributed by atoms with van der Waals surface area (Å²) in [6, 6.07) is 8.04. The number of aryl methyl sites for hydroxylation is 1. The highest BCUT2D eigenvalue weighted by atomic mass is 16.3. The highest BCUT2D eigenvalue weighted by Crippen LogP contribution is 2.24. The number of hydrogen-bond donors (Lipinski definition) is 2. The Morgan fingerprint density at radius 3 is 2.71 bits per heavy atom. The van der Waals surface area contributed by atoms with Gasteiger partial charge in [0.2, 0.25) is 0 Å². The van der Waals surface area contributed by atoms with E-state index in [4.69, 9.17) is 0 Å². The normalized spacial score (nSPS) is 15.1. The quantitative estimate of drug-likeness (QED) is 0.764. The summed E-state index contributed by atoms with van der Waals surface area (Å²) < 4.78 is 0. The molecule has 0 bridgehead atoms. The van der Waals surface area contributed by atoms with E-state index in [-0.39, 0.29) is 0 Å². The Morgan fingerprint density at radius 2 is 2.14 bits per heavy atom. The molecule has 78 valence electrons. The van der Waals surface area contributed by atoms with Gasteiger partial charge >= 0.3 is 0 Å². The SMILES string of the molecule is CNCCC(C)(O)c1cccc(C)c1. The number of benzene rings is 1. The summed E-state index contributed by atoms with van der Waals surface area (Å²) in [5.74, 6) is 0. The van der Waals surface area contributed by atoms with Crippen LogP contribution in [0.4, 0.5) is 0 Å². The van der Waals surface area contributed by atoms with Gasteiger partial charge in [0.15, 0.2) is 0 Å². The maximum Gasteiger partial charge on any atom is 0.0880 e. The zero-order valence-electron chi connectivity index (χ0n) is 9.17. The Balaban J connectivity index is 2.80. The van der Waals surface area contributed by atoms with E-state index >= 15 is 0 Å². The molecule has 0 aliphatic heterocycles. The topological polar surface area (TPSA) is 32.3 Å². The largest absolute Gasteiger partial charge is 0.385 e. The molecule has 1 rings (SSSR count). The maximum atomic E-state index is 10.2. The first-order valence-electron chi connectivity index (χ1n) is 5.00. The van der Waals surface area contributed by atoms with Gasteiger partial charge in [-0.15, -0.1) is 0 Å². The summed E-state index contributed by atoms with van der Waals surface area (Å²) in [4.78, 5) is 0. The smallest absolute Gasteiger partial charge is 0.0880 e. The van der Waals surface area contributed by atoms with Gasteiger partial charge in [-0.1, -0.05) is 29.8 Å². The van der Waals surface area contributed by atoms with Crippen molar-refractivity contribution in [2.45, 2.75) is 25.9 Å². The zero-order valence-corrected chi connectivity index (χ0v) is 9.17. The van der Waals surface area contributed by atoms with Crippen molar-refractivity contribution in [3.63, 3.8) is 0 Å². The molecule has 0 saturated heterocycles. The van der Waals surface area contributed by atoms with Crippen molar-refractivity contribution in [2.75, 3.05) is 13.6 Å². The predicted octanol–water partition coefficient (Wildman–Crippen LogP) is 1.81.